The molecular weight excluding hydrogens is 480 g/mol. The van der Waals surface area contributed by atoms with Crippen LogP contribution in [0, 0.1) is 11.8 Å². The van der Waals surface area contributed by atoms with Gasteiger partial charge in [-0.2, -0.15) is 0 Å². The van der Waals surface area contributed by atoms with Crippen molar-refractivity contribution in [3.63, 3.8) is 0 Å². The number of aliphatic hydroxyl groups is 3. The summed E-state index contributed by atoms with van der Waals surface area (Å²) in [5.41, 5.74) is 0.932. The quantitative estimate of drug-likeness (QED) is 0.183. The highest BCUT2D eigenvalue weighted by molar-refractivity contribution is 6.74. The predicted molar refractivity (Wildman–Crippen MR) is 143 cm³/mol. The SMILES string of the molecule is CO[C@H](/C=C(\C)C[C@H](O)CO[Si](C)(C)C(C)(C)C)[C@@H](C)[C@H](O)[C@H](C)[C@@H](O)CC1=CC(=O)OC(C)(C)O1. The number of hydrogen-bond donors (Lipinski definition) is 3. The number of carbonyl (C=O) groups is 1. The lowest BCUT2D eigenvalue weighted by atomic mass is 9.84. The molecule has 0 bridgehead atoms. The Labute approximate surface area is 218 Å². The molecule has 0 saturated carbocycles. The van der Waals surface area contributed by atoms with E-state index in [9.17, 15) is 20.1 Å². The fourth-order valence-electron chi connectivity index (χ4n) is 3.90. The fraction of sp³-hybridized carbons (Fsp3) is 0.815. The third kappa shape index (κ3) is 9.91. The molecule has 0 aromatic carbocycles. The van der Waals surface area contributed by atoms with Crippen LogP contribution in [-0.2, 0) is 23.4 Å². The van der Waals surface area contributed by atoms with Gasteiger partial charge in [0.25, 0.3) is 0 Å². The highest BCUT2D eigenvalue weighted by Crippen LogP contribution is 2.36. The molecule has 0 radical (unpaired) electrons. The van der Waals surface area contributed by atoms with Gasteiger partial charge in [0.2, 0.25) is 5.79 Å². The average Bonchev–Trinajstić information content (AvgIpc) is 2.72. The predicted octanol–water partition coefficient (Wildman–Crippen LogP) is 4.30. The zero-order valence-electron chi connectivity index (χ0n) is 24.1. The Morgan fingerprint density at radius 3 is 2.22 bits per heavy atom. The number of esters is 1. The molecule has 0 aromatic heterocycles. The highest BCUT2D eigenvalue weighted by Gasteiger charge is 2.38. The van der Waals surface area contributed by atoms with E-state index in [1.54, 1.807) is 27.9 Å². The number of hydrogen-bond acceptors (Lipinski definition) is 8. The van der Waals surface area contributed by atoms with Crippen LogP contribution in [0.25, 0.3) is 0 Å². The molecule has 1 aliphatic heterocycles. The van der Waals surface area contributed by atoms with E-state index < -0.39 is 50.4 Å². The van der Waals surface area contributed by atoms with Crippen molar-refractivity contribution >= 4 is 14.3 Å². The molecule has 0 aromatic rings. The minimum absolute atomic E-state index is 0.0741. The average molecular weight is 531 g/mol. The van der Waals surface area contributed by atoms with Crippen LogP contribution in [0.1, 0.15) is 68.2 Å². The van der Waals surface area contributed by atoms with Gasteiger partial charge in [0.05, 0.1) is 37.1 Å². The Hall–Kier alpha value is -1.23. The number of methoxy groups -OCH3 is 1. The first kappa shape index (κ1) is 32.8. The molecule has 8 nitrogen and oxygen atoms in total. The van der Waals surface area contributed by atoms with Crippen LogP contribution < -0.4 is 0 Å². The number of carbonyl (C=O) groups excluding carboxylic acids is 1. The molecule has 0 spiro atoms. The molecule has 0 amide bonds. The lowest BCUT2D eigenvalue weighted by molar-refractivity contribution is -0.207. The summed E-state index contributed by atoms with van der Waals surface area (Å²) >= 11 is 0. The second-order valence-corrected chi connectivity index (χ2v) is 17.0. The third-order valence-electron chi connectivity index (χ3n) is 7.34. The Balaban J connectivity index is 2.75. The van der Waals surface area contributed by atoms with Gasteiger partial charge < -0.3 is 34.0 Å². The summed E-state index contributed by atoms with van der Waals surface area (Å²) in [5, 5.41) is 32.4. The van der Waals surface area contributed by atoms with Crippen LogP contribution in [0.15, 0.2) is 23.5 Å². The minimum atomic E-state index is -1.94. The Morgan fingerprint density at radius 2 is 1.72 bits per heavy atom. The molecule has 0 unspecified atom stereocenters. The summed E-state index contributed by atoms with van der Waals surface area (Å²) in [6, 6.07) is 0. The molecule has 0 aliphatic carbocycles. The van der Waals surface area contributed by atoms with Crippen molar-refractivity contribution in [2.24, 2.45) is 11.8 Å². The molecule has 36 heavy (non-hydrogen) atoms. The summed E-state index contributed by atoms with van der Waals surface area (Å²) in [6.07, 6.45) is 0.784. The first-order valence-corrected chi connectivity index (χ1v) is 15.7. The largest absolute Gasteiger partial charge is 0.457 e. The third-order valence-corrected chi connectivity index (χ3v) is 11.8. The Bertz CT molecular complexity index is 783. The van der Waals surface area contributed by atoms with E-state index in [2.05, 4.69) is 33.9 Å². The first-order valence-electron chi connectivity index (χ1n) is 12.8. The zero-order chi connectivity index (χ0) is 28.1. The maximum atomic E-state index is 11.8. The maximum Gasteiger partial charge on any atom is 0.337 e. The highest BCUT2D eigenvalue weighted by atomic mass is 28.4. The van der Waals surface area contributed by atoms with Gasteiger partial charge in [0.15, 0.2) is 8.32 Å². The van der Waals surface area contributed by atoms with Crippen LogP contribution in [-0.4, -0.2) is 73.5 Å². The number of aliphatic hydroxyl groups excluding tert-OH is 3. The second-order valence-electron chi connectivity index (χ2n) is 12.2. The second kappa shape index (κ2) is 13.0. The minimum Gasteiger partial charge on any atom is -0.457 e. The zero-order valence-corrected chi connectivity index (χ0v) is 25.1. The molecule has 0 fully saturated rings. The van der Waals surface area contributed by atoms with Gasteiger partial charge in [-0.05, 0) is 31.5 Å². The van der Waals surface area contributed by atoms with Gasteiger partial charge in [-0.3, -0.25) is 0 Å². The van der Waals surface area contributed by atoms with Crippen molar-refractivity contribution in [3.05, 3.63) is 23.5 Å². The van der Waals surface area contributed by atoms with Crippen LogP contribution >= 0.6 is 0 Å². The Morgan fingerprint density at radius 1 is 1.14 bits per heavy atom. The van der Waals surface area contributed by atoms with E-state index in [1.807, 2.05) is 19.9 Å². The lowest BCUT2D eigenvalue weighted by Gasteiger charge is -2.36. The topological polar surface area (TPSA) is 115 Å². The lowest BCUT2D eigenvalue weighted by Crippen LogP contribution is -2.42. The fourth-order valence-corrected chi connectivity index (χ4v) is 4.94. The summed E-state index contributed by atoms with van der Waals surface area (Å²) in [5.74, 6) is -2.14. The van der Waals surface area contributed by atoms with E-state index in [-0.39, 0.29) is 24.0 Å². The monoisotopic (exact) mass is 530 g/mol. The summed E-state index contributed by atoms with van der Waals surface area (Å²) in [4.78, 5) is 11.8. The normalized spacial score (nSPS) is 22.0. The van der Waals surface area contributed by atoms with Crippen molar-refractivity contribution in [3.8, 4) is 0 Å². The molecule has 6 atom stereocenters. The van der Waals surface area contributed by atoms with Crippen molar-refractivity contribution in [2.75, 3.05) is 13.7 Å². The molecule has 0 saturated heterocycles. The van der Waals surface area contributed by atoms with Crippen LogP contribution in [0.3, 0.4) is 0 Å². The first-order chi connectivity index (χ1) is 16.3. The van der Waals surface area contributed by atoms with Gasteiger partial charge in [0, 0.05) is 39.2 Å². The van der Waals surface area contributed by atoms with E-state index in [0.29, 0.717) is 12.2 Å². The van der Waals surface area contributed by atoms with Crippen molar-refractivity contribution in [2.45, 2.75) is 117 Å². The van der Waals surface area contributed by atoms with Gasteiger partial charge in [-0.25, -0.2) is 4.79 Å². The standard InChI is InChI=1S/C27H50O8Si/c1-17(12-20(28)16-33-36(10,11)26(4,5)6)13-23(32-9)19(3)25(31)18(2)22(29)14-21-15-24(30)35-27(7,8)34-21/h13,15,18-20,22-23,25,28-29,31H,12,14,16H2,1-11H3/b17-13+/t18-,19-,20+,22+,23-,25-/m1/s1. The van der Waals surface area contributed by atoms with E-state index >= 15 is 0 Å². The van der Waals surface area contributed by atoms with Crippen LogP contribution in [0.2, 0.25) is 18.1 Å². The number of cyclic esters (lactones) is 1. The van der Waals surface area contributed by atoms with E-state index in [1.165, 1.54) is 6.08 Å². The molecule has 210 valence electrons. The summed E-state index contributed by atoms with van der Waals surface area (Å²) in [6.45, 7) is 19.9. The Kier molecular flexibility index (Phi) is 11.9. The van der Waals surface area contributed by atoms with Crippen molar-refractivity contribution in [1.29, 1.82) is 0 Å². The summed E-state index contributed by atoms with van der Waals surface area (Å²) < 4.78 is 22.5. The van der Waals surface area contributed by atoms with Crippen molar-refractivity contribution < 1.29 is 38.8 Å². The van der Waals surface area contributed by atoms with Gasteiger partial charge >= 0.3 is 5.97 Å². The van der Waals surface area contributed by atoms with Gasteiger partial charge in [-0.15, -0.1) is 0 Å². The van der Waals surface area contributed by atoms with Crippen molar-refractivity contribution in [1.82, 2.24) is 0 Å². The summed E-state index contributed by atoms with van der Waals surface area (Å²) in [7, 11) is -0.368. The molecule has 9 heteroatoms. The molecule has 1 heterocycles. The molecule has 1 aliphatic rings. The van der Waals surface area contributed by atoms with Gasteiger partial charge in [0.1, 0.15) is 5.76 Å². The van der Waals surface area contributed by atoms with Crippen LogP contribution in [0.4, 0.5) is 0 Å². The van der Waals surface area contributed by atoms with Gasteiger partial charge in [-0.1, -0.05) is 46.3 Å². The molecular formula is C27H50O8Si. The van der Waals surface area contributed by atoms with E-state index in [0.717, 1.165) is 5.57 Å². The smallest absolute Gasteiger partial charge is 0.337 e. The van der Waals surface area contributed by atoms with Crippen LogP contribution in [0.5, 0.6) is 0 Å². The number of rotatable bonds is 13. The van der Waals surface area contributed by atoms with E-state index in [4.69, 9.17) is 18.6 Å². The molecule has 3 N–H and O–H groups in total. The molecule has 1 rings (SSSR count). The number of ether oxygens (including phenoxy) is 3. The maximum absolute atomic E-state index is 11.8.